The third-order valence-electron chi connectivity index (χ3n) is 3.77. The predicted molar refractivity (Wildman–Crippen MR) is 95.9 cm³/mol. The van der Waals surface area contributed by atoms with Crippen LogP contribution in [0.1, 0.15) is 27.6 Å². The Kier molecular flexibility index (Phi) is 3.99. The maximum Gasteiger partial charge on any atom is 0.255 e. The van der Waals surface area contributed by atoms with Crippen molar-refractivity contribution in [3.63, 3.8) is 0 Å². The summed E-state index contributed by atoms with van der Waals surface area (Å²) in [7, 11) is 0. The lowest BCUT2D eigenvalue weighted by Crippen LogP contribution is -2.13. The summed E-state index contributed by atoms with van der Waals surface area (Å²) in [5.41, 5.74) is 4.91. The van der Waals surface area contributed by atoms with Crippen LogP contribution in [0.2, 0.25) is 0 Å². The molecule has 0 aliphatic heterocycles. The van der Waals surface area contributed by atoms with Crippen LogP contribution in [-0.4, -0.2) is 21.0 Å². The van der Waals surface area contributed by atoms with E-state index in [1.807, 2.05) is 36.4 Å². The van der Waals surface area contributed by atoms with Crippen LogP contribution in [0.25, 0.3) is 10.2 Å². The molecule has 0 fully saturated rings. The van der Waals surface area contributed by atoms with Crippen molar-refractivity contribution in [3.05, 3.63) is 70.8 Å². The van der Waals surface area contributed by atoms with Crippen molar-refractivity contribution in [1.82, 2.24) is 15.1 Å². The minimum atomic E-state index is -0.163. The number of para-hydroxylation sites is 1. The fourth-order valence-electron chi connectivity index (χ4n) is 2.56. The van der Waals surface area contributed by atoms with Crippen molar-refractivity contribution in [1.29, 1.82) is 0 Å². The Labute approximate surface area is 147 Å². The monoisotopic (exact) mass is 350 g/mol. The predicted octanol–water partition coefficient (Wildman–Crippen LogP) is 3.83. The maximum absolute atomic E-state index is 12.6. The molecule has 0 aliphatic carbocycles. The molecule has 1 N–H and O–H groups in total. The molecule has 7 heteroatoms. The van der Waals surface area contributed by atoms with E-state index in [1.165, 1.54) is 11.3 Å². The van der Waals surface area contributed by atoms with Crippen LogP contribution in [0.5, 0.6) is 0 Å². The van der Waals surface area contributed by atoms with Gasteiger partial charge in [0.1, 0.15) is 0 Å². The van der Waals surface area contributed by atoms with E-state index in [1.54, 1.807) is 18.5 Å². The number of aryl methyl sites for hydroxylation is 1. The van der Waals surface area contributed by atoms with Crippen molar-refractivity contribution < 1.29 is 9.32 Å². The number of fused-ring (bicyclic) bond motifs is 1. The Hall–Kier alpha value is -3.06. The quantitative estimate of drug-likeness (QED) is 0.605. The molecule has 0 aliphatic rings. The molecule has 1 amide bonds. The molecule has 2 heterocycles. The van der Waals surface area contributed by atoms with E-state index in [0.717, 1.165) is 21.5 Å². The smallest absolute Gasteiger partial charge is 0.255 e. The van der Waals surface area contributed by atoms with Gasteiger partial charge in [-0.05, 0) is 36.8 Å². The van der Waals surface area contributed by atoms with Crippen molar-refractivity contribution in [2.24, 2.45) is 0 Å². The van der Waals surface area contributed by atoms with Gasteiger partial charge in [-0.25, -0.2) is 4.98 Å². The zero-order chi connectivity index (χ0) is 17.2. The van der Waals surface area contributed by atoms with E-state index in [-0.39, 0.29) is 5.91 Å². The largest absolute Gasteiger partial charge is 0.339 e. The van der Waals surface area contributed by atoms with Gasteiger partial charge in [-0.2, -0.15) is 4.98 Å². The Balaban J connectivity index is 1.58. The number of thiazole rings is 1. The number of benzene rings is 2. The first-order valence-corrected chi connectivity index (χ1v) is 8.59. The van der Waals surface area contributed by atoms with E-state index < -0.39 is 0 Å². The Morgan fingerprint density at radius 3 is 2.96 bits per heavy atom. The van der Waals surface area contributed by atoms with Crippen LogP contribution in [0.15, 0.2) is 52.5 Å². The number of carbonyl (C=O) groups excluding carboxylic acids is 1. The van der Waals surface area contributed by atoms with Gasteiger partial charge in [0, 0.05) is 11.3 Å². The minimum absolute atomic E-state index is 0.163. The first-order chi connectivity index (χ1) is 12.2. The third kappa shape index (κ3) is 3.27. The topological polar surface area (TPSA) is 80.9 Å². The second-order valence-electron chi connectivity index (χ2n) is 5.56. The SMILES string of the molecule is Cc1noc(Cc2ccccc2NC(=O)c2ccc3ncsc3c2)n1. The summed E-state index contributed by atoms with van der Waals surface area (Å²) >= 11 is 1.51. The van der Waals surface area contributed by atoms with Gasteiger partial charge in [0.05, 0.1) is 22.1 Å². The molecule has 0 bridgehead atoms. The molecular formula is C18H14N4O2S. The first kappa shape index (κ1) is 15.5. The van der Waals surface area contributed by atoms with E-state index >= 15 is 0 Å². The molecule has 6 nitrogen and oxygen atoms in total. The van der Waals surface area contributed by atoms with Gasteiger partial charge < -0.3 is 9.84 Å². The lowest BCUT2D eigenvalue weighted by atomic mass is 10.1. The zero-order valence-corrected chi connectivity index (χ0v) is 14.2. The number of nitrogens with one attached hydrogen (secondary N) is 1. The molecule has 0 saturated carbocycles. The van der Waals surface area contributed by atoms with Crippen molar-refractivity contribution in [2.75, 3.05) is 5.32 Å². The summed E-state index contributed by atoms with van der Waals surface area (Å²) in [5, 5.41) is 6.76. The molecule has 4 aromatic rings. The third-order valence-corrected chi connectivity index (χ3v) is 4.56. The molecule has 4 rings (SSSR count). The zero-order valence-electron chi connectivity index (χ0n) is 13.4. The average molecular weight is 350 g/mol. The molecule has 0 unspecified atom stereocenters. The molecular weight excluding hydrogens is 336 g/mol. The van der Waals surface area contributed by atoms with Gasteiger partial charge in [0.2, 0.25) is 5.89 Å². The molecule has 2 aromatic heterocycles. The summed E-state index contributed by atoms with van der Waals surface area (Å²) in [6.45, 7) is 1.77. The van der Waals surface area contributed by atoms with E-state index in [0.29, 0.717) is 23.7 Å². The number of nitrogens with zero attached hydrogens (tertiary/aromatic N) is 3. The summed E-state index contributed by atoms with van der Waals surface area (Å²) in [4.78, 5) is 21.1. The highest BCUT2D eigenvalue weighted by Gasteiger charge is 2.12. The van der Waals surface area contributed by atoms with Crippen LogP contribution in [0, 0.1) is 6.92 Å². The van der Waals surface area contributed by atoms with Crippen LogP contribution < -0.4 is 5.32 Å². The number of hydrogen-bond donors (Lipinski definition) is 1. The normalized spacial score (nSPS) is 10.9. The second kappa shape index (κ2) is 6.45. The highest BCUT2D eigenvalue weighted by Crippen LogP contribution is 2.22. The Bertz CT molecular complexity index is 1050. The number of hydrogen-bond acceptors (Lipinski definition) is 6. The van der Waals surface area contributed by atoms with E-state index in [9.17, 15) is 4.79 Å². The summed E-state index contributed by atoms with van der Waals surface area (Å²) in [6.07, 6.45) is 0.463. The van der Waals surface area contributed by atoms with Gasteiger partial charge >= 0.3 is 0 Å². The van der Waals surface area contributed by atoms with E-state index in [2.05, 4.69) is 20.4 Å². The van der Waals surface area contributed by atoms with Crippen LogP contribution in [-0.2, 0) is 6.42 Å². The highest BCUT2D eigenvalue weighted by molar-refractivity contribution is 7.16. The van der Waals surface area contributed by atoms with Gasteiger partial charge in [-0.3, -0.25) is 4.79 Å². The van der Waals surface area contributed by atoms with Crippen molar-refractivity contribution >= 4 is 33.1 Å². The minimum Gasteiger partial charge on any atom is -0.339 e. The fourth-order valence-corrected chi connectivity index (χ4v) is 3.28. The Morgan fingerprint density at radius 1 is 1.24 bits per heavy atom. The highest BCUT2D eigenvalue weighted by atomic mass is 32.1. The number of amides is 1. The van der Waals surface area contributed by atoms with Gasteiger partial charge in [0.25, 0.3) is 5.91 Å². The number of aromatic nitrogens is 3. The van der Waals surface area contributed by atoms with Gasteiger partial charge in [-0.1, -0.05) is 23.4 Å². The average Bonchev–Trinajstić information content (AvgIpc) is 3.24. The molecule has 0 radical (unpaired) electrons. The van der Waals surface area contributed by atoms with Gasteiger partial charge in [0.15, 0.2) is 5.82 Å². The molecule has 0 atom stereocenters. The standard InChI is InChI=1S/C18H14N4O2S/c1-11-20-17(24-22-11)9-12-4-2-3-5-14(12)21-18(23)13-6-7-15-16(8-13)25-10-19-15/h2-8,10H,9H2,1H3,(H,21,23). The summed E-state index contributed by atoms with van der Waals surface area (Å²) in [5.74, 6) is 0.948. The summed E-state index contributed by atoms with van der Waals surface area (Å²) in [6, 6.07) is 13.1. The number of rotatable bonds is 4. The van der Waals surface area contributed by atoms with Crippen LogP contribution >= 0.6 is 11.3 Å². The first-order valence-electron chi connectivity index (χ1n) is 7.71. The fraction of sp³-hybridized carbons (Fsp3) is 0.111. The second-order valence-corrected chi connectivity index (χ2v) is 6.44. The van der Waals surface area contributed by atoms with Crippen molar-refractivity contribution in [3.8, 4) is 0 Å². The lowest BCUT2D eigenvalue weighted by molar-refractivity contribution is 0.102. The van der Waals surface area contributed by atoms with Crippen molar-refractivity contribution in [2.45, 2.75) is 13.3 Å². The number of anilines is 1. The van der Waals surface area contributed by atoms with Crippen LogP contribution in [0.4, 0.5) is 5.69 Å². The molecule has 2 aromatic carbocycles. The van der Waals surface area contributed by atoms with E-state index in [4.69, 9.17) is 4.52 Å². The lowest BCUT2D eigenvalue weighted by Gasteiger charge is -2.10. The summed E-state index contributed by atoms with van der Waals surface area (Å²) < 4.78 is 6.16. The Morgan fingerprint density at radius 2 is 2.12 bits per heavy atom. The molecule has 0 spiro atoms. The number of carbonyl (C=O) groups is 1. The molecule has 0 saturated heterocycles. The van der Waals surface area contributed by atoms with Crippen LogP contribution in [0.3, 0.4) is 0 Å². The molecule has 25 heavy (non-hydrogen) atoms. The van der Waals surface area contributed by atoms with Gasteiger partial charge in [-0.15, -0.1) is 11.3 Å². The molecule has 124 valence electrons. The maximum atomic E-state index is 12.6.